The molecule has 0 radical (unpaired) electrons. The lowest BCUT2D eigenvalue weighted by Crippen LogP contribution is -1.95. The molecular formula is C11H9NOS. The number of fused-ring (bicyclic) bond motifs is 3. The maximum absolute atomic E-state index is 10.8. The van der Waals surface area contributed by atoms with Gasteiger partial charge in [0.05, 0.1) is 11.4 Å². The number of aromatic nitrogens is 1. The highest BCUT2D eigenvalue weighted by molar-refractivity contribution is 7.10. The zero-order valence-electron chi connectivity index (χ0n) is 7.78. The minimum absolute atomic E-state index is 0.770. The van der Waals surface area contributed by atoms with Crippen molar-refractivity contribution in [3.8, 4) is 11.3 Å². The fraction of sp³-hybridized carbons (Fsp3) is 0.182. The molecule has 0 aliphatic heterocycles. The van der Waals surface area contributed by atoms with Crippen molar-refractivity contribution in [1.29, 1.82) is 0 Å². The van der Waals surface area contributed by atoms with Gasteiger partial charge in [-0.2, -0.15) is 0 Å². The van der Waals surface area contributed by atoms with Gasteiger partial charge < -0.3 is 4.57 Å². The van der Waals surface area contributed by atoms with Gasteiger partial charge in [0.25, 0.3) is 0 Å². The van der Waals surface area contributed by atoms with Gasteiger partial charge in [0.2, 0.25) is 0 Å². The lowest BCUT2D eigenvalue weighted by Gasteiger charge is -2.00. The molecule has 0 spiro atoms. The summed E-state index contributed by atoms with van der Waals surface area (Å²) >= 11 is 1.79. The van der Waals surface area contributed by atoms with E-state index in [-0.39, 0.29) is 0 Å². The van der Waals surface area contributed by atoms with E-state index in [1.54, 1.807) is 11.3 Å². The van der Waals surface area contributed by atoms with Crippen molar-refractivity contribution in [2.75, 3.05) is 0 Å². The molecule has 0 aromatic carbocycles. The van der Waals surface area contributed by atoms with Crippen molar-refractivity contribution in [1.82, 2.24) is 4.57 Å². The third-order valence-corrected chi connectivity index (χ3v) is 3.74. The Morgan fingerprint density at radius 2 is 2.43 bits per heavy atom. The Labute approximate surface area is 85.8 Å². The molecule has 2 heterocycles. The summed E-state index contributed by atoms with van der Waals surface area (Å²) in [5.41, 5.74) is 4.59. The molecule has 0 atom stereocenters. The summed E-state index contributed by atoms with van der Waals surface area (Å²) in [6, 6.07) is 4.13. The van der Waals surface area contributed by atoms with Gasteiger partial charge in [-0.1, -0.05) is 0 Å². The highest BCUT2D eigenvalue weighted by Crippen LogP contribution is 2.40. The van der Waals surface area contributed by atoms with E-state index in [1.807, 2.05) is 17.7 Å². The Morgan fingerprint density at radius 1 is 1.57 bits per heavy atom. The van der Waals surface area contributed by atoms with Crippen molar-refractivity contribution in [2.24, 2.45) is 7.05 Å². The topological polar surface area (TPSA) is 22.0 Å². The Balaban J connectivity index is 2.32. The summed E-state index contributed by atoms with van der Waals surface area (Å²) < 4.78 is 1.99. The molecule has 70 valence electrons. The molecular weight excluding hydrogens is 194 g/mol. The zero-order chi connectivity index (χ0) is 9.71. The van der Waals surface area contributed by atoms with Crippen molar-refractivity contribution >= 4 is 17.6 Å². The van der Waals surface area contributed by atoms with E-state index in [4.69, 9.17) is 0 Å². The van der Waals surface area contributed by atoms with Gasteiger partial charge in [0, 0.05) is 23.9 Å². The number of rotatable bonds is 1. The monoisotopic (exact) mass is 203 g/mol. The van der Waals surface area contributed by atoms with Crippen LogP contribution in [0, 0.1) is 0 Å². The minimum Gasteiger partial charge on any atom is -0.341 e. The molecule has 0 saturated heterocycles. The first-order valence-corrected chi connectivity index (χ1v) is 5.39. The summed E-state index contributed by atoms with van der Waals surface area (Å²) in [4.78, 5) is 12.2. The largest absolute Gasteiger partial charge is 0.341 e. The van der Waals surface area contributed by atoms with Crippen LogP contribution in [0.2, 0.25) is 0 Å². The molecule has 14 heavy (non-hydrogen) atoms. The first kappa shape index (κ1) is 8.00. The molecule has 0 saturated carbocycles. The molecule has 0 amide bonds. The summed E-state index contributed by atoms with van der Waals surface area (Å²) in [7, 11) is 1.95. The van der Waals surface area contributed by atoms with Gasteiger partial charge in [-0.15, -0.1) is 11.3 Å². The molecule has 2 aromatic rings. The van der Waals surface area contributed by atoms with Crippen molar-refractivity contribution in [3.05, 3.63) is 33.6 Å². The molecule has 0 N–H and O–H groups in total. The predicted molar refractivity (Wildman–Crippen MR) is 56.9 cm³/mol. The molecule has 3 heteroatoms. The van der Waals surface area contributed by atoms with Crippen LogP contribution in [-0.4, -0.2) is 10.9 Å². The van der Waals surface area contributed by atoms with Crippen LogP contribution in [0.1, 0.15) is 20.9 Å². The fourth-order valence-electron chi connectivity index (χ4n) is 2.15. The number of hydrogen-bond acceptors (Lipinski definition) is 2. The number of hydrogen-bond donors (Lipinski definition) is 0. The lowest BCUT2D eigenvalue weighted by atomic mass is 10.2. The van der Waals surface area contributed by atoms with Crippen LogP contribution < -0.4 is 0 Å². The van der Waals surface area contributed by atoms with Crippen LogP contribution >= 0.6 is 11.3 Å². The van der Waals surface area contributed by atoms with E-state index in [0.29, 0.717) is 0 Å². The van der Waals surface area contributed by atoms with Gasteiger partial charge in [0.15, 0.2) is 6.29 Å². The molecule has 2 nitrogen and oxygen atoms in total. The van der Waals surface area contributed by atoms with Crippen molar-refractivity contribution in [3.63, 3.8) is 0 Å². The van der Waals surface area contributed by atoms with E-state index in [2.05, 4.69) is 11.4 Å². The Kier molecular flexibility index (Phi) is 1.47. The normalized spacial score (nSPS) is 12.6. The smallest absolute Gasteiger partial charge is 0.166 e. The first-order chi connectivity index (χ1) is 6.81. The highest BCUT2D eigenvalue weighted by Gasteiger charge is 2.24. The van der Waals surface area contributed by atoms with Crippen LogP contribution in [0.4, 0.5) is 0 Å². The molecule has 3 rings (SSSR count). The third-order valence-electron chi connectivity index (χ3n) is 2.82. The lowest BCUT2D eigenvalue weighted by molar-refractivity contribution is 0.111. The molecule has 0 bridgehead atoms. The zero-order valence-corrected chi connectivity index (χ0v) is 8.60. The quantitative estimate of drug-likeness (QED) is 0.557. The fourth-order valence-corrected chi connectivity index (χ4v) is 3.05. The number of thiophene rings is 1. The van der Waals surface area contributed by atoms with Gasteiger partial charge in [-0.3, -0.25) is 4.79 Å². The van der Waals surface area contributed by atoms with Crippen molar-refractivity contribution < 1.29 is 4.79 Å². The van der Waals surface area contributed by atoms with Crippen LogP contribution in [0.3, 0.4) is 0 Å². The van der Waals surface area contributed by atoms with Crippen LogP contribution in [0.15, 0.2) is 17.5 Å². The van der Waals surface area contributed by atoms with Crippen molar-refractivity contribution in [2.45, 2.75) is 6.42 Å². The summed E-state index contributed by atoms with van der Waals surface area (Å²) in [5.74, 6) is 0. The second kappa shape index (κ2) is 2.58. The maximum atomic E-state index is 10.8. The molecule has 1 aliphatic carbocycles. The number of nitrogens with zero attached hydrogens (tertiary/aromatic N) is 1. The van der Waals surface area contributed by atoms with Crippen LogP contribution in [0.25, 0.3) is 11.3 Å². The number of carbonyl (C=O) groups excluding carboxylic acids is 1. The molecule has 1 aliphatic rings. The maximum Gasteiger partial charge on any atom is 0.166 e. The number of carbonyl (C=O) groups is 1. The number of aldehydes is 1. The average molecular weight is 203 g/mol. The molecule has 0 unspecified atom stereocenters. The van der Waals surface area contributed by atoms with E-state index < -0.39 is 0 Å². The standard InChI is InChI=1S/C11H9NOS/c1-12-8(6-13)4-7-5-10-9(11(7)12)2-3-14-10/h2-4,6H,5H2,1H3. The van der Waals surface area contributed by atoms with Gasteiger partial charge >= 0.3 is 0 Å². The Hall–Kier alpha value is -1.35. The highest BCUT2D eigenvalue weighted by atomic mass is 32.1. The van der Waals surface area contributed by atoms with E-state index in [9.17, 15) is 4.79 Å². The van der Waals surface area contributed by atoms with E-state index in [0.717, 1.165) is 18.4 Å². The molecule has 2 aromatic heterocycles. The summed E-state index contributed by atoms with van der Waals surface area (Å²) in [5, 5.41) is 2.11. The average Bonchev–Trinajstić information content (AvgIpc) is 2.76. The van der Waals surface area contributed by atoms with E-state index in [1.165, 1.54) is 21.7 Å². The minimum atomic E-state index is 0.770. The third kappa shape index (κ3) is 0.826. The van der Waals surface area contributed by atoms with Gasteiger partial charge in [-0.05, 0) is 23.1 Å². The Bertz CT molecular complexity index is 521. The SMILES string of the molecule is Cn1c(C=O)cc2c1-c1ccsc1C2. The molecule has 0 fully saturated rings. The first-order valence-electron chi connectivity index (χ1n) is 4.52. The Morgan fingerprint density at radius 3 is 3.21 bits per heavy atom. The van der Waals surface area contributed by atoms with Crippen LogP contribution in [-0.2, 0) is 13.5 Å². The van der Waals surface area contributed by atoms with Gasteiger partial charge in [-0.25, -0.2) is 0 Å². The predicted octanol–water partition coefficient (Wildman–Crippen LogP) is 2.47. The summed E-state index contributed by atoms with van der Waals surface area (Å²) in [6.07, 6.45) is 1.91. The van der Waals surface area contributed by atoms with Crippen LogP contribution in [0.5, 0.6) is 0 Å². The second-order valence-corrected chi connectivity index (χ2v) is 4.55. The van der Waals surface area contributed by atoms with E-state index >= 15 is 0 Å². The van der Waals surface area contributed by atoms with Gasteiger partial charge in [0.1, 0.15) is 0 Å². The second-order valence-electron chi connectivity index (χ2n) is 3.55. The summed E-state index contributed by atoms with van der Waals surface area (Å²) in [6.45, 7) is 0.